The molecule has 0 unspecified atom stereocenters. The Hall–Kier alpha value is -3.04. The summed E-state index contributed by atoms with van der Waals surface area (Å²) in [4.78, 5) is 17.0. The van der Waals surface area contributed by atoms with Gasteiger partial charge in [-0.3, -0.25) is 14.5 Å². The average molecular weight is 388 g/mol. The molecular formula is C18H20N4O4S. The number of aromatic nitrogens is 2. The number of fused-ring (bicyclic) bond motifs is 1. The third-order valence-corrected chi connectivity index (χ3v) is 5.18. The Morgan fingerprint density at radius 2 is 1.74 bits per heavy atom. The van der Waals surface area contributed by atoms with E-state index in [9.17, 15) is 8.42 Å². The third-order valence-electron chi connectivity index (χ3n) is 3.72. The molecule has 2 N–H and O–H groups in total. The van der Waals surface area contributed by atoms with E-state index in [2.05, 4.69) is 14.7 Å². The second-order valence-corrected chi connectivity index (χ2v) is 7.67. The van der Waals surface area contributed by atoms with E-state index in [1.165, 1.54) is 14.1 Å². The highest BCUT2D eigenvalue weighted by atomic mass is 32.2. The number of aryl methyl sites for hydroxylation is 1. The number of benzene rings is 1. The van der Waals surface area contributed by atoms with Crippen LogP contribution < -0.4 is 4.72 Å². The molecule has 8 nitrogen and oxygen atoms in total. The van der Waals surface area contributed by atoms with Crippen molar-refractivity contribution in [3.8, 4) is 11.3 Å². The van der Waals surface area contributed by atoms with E-state index in [0.29, 0.717) is 5.69 Å². The number of pyridine rings is 2. The van der Waals surface area contributed by atoms with Gasteiger partial charge in [0.25, 0.3) is 6.47 Å². The number of carbonyl (C=O) groups is 1. The summed E-state index contributed by atoms with van der Waals surface area (Å²) in [6, 6.07) is 11.2. The van der Waals surface area contributed by atoms with Crippen molar-refractivity contribution in [3.63, 3.8) is 0 Å². The van der Waals surface area contributed by atoms with E-state index < -0.39 is 10.2 Å². The molecule has 1 aromatic carbocycles. The van der Waals surface area contributed by atoms with Gasteiger partial charge in [0.15, 0.2) is 0 Å². The number of rotatable bonds is 4. The number of anilines is 1. The number of nitrogens with one attached hydrogen (secondary N) is 1. The highest BCUT2D eigenvalue weighted by Gasteiger charge is 2.14. The van der Waals surface area contributed by atoms with Crippen molar-refractivity contribution in [1.29, 1.82) is 0 Å². The first kappa shape index (κ1) is 20.3. The van der Waals surface area contributed by atoms with Crippen LogP contribution in [0.4, 0.5) is 5.69 Å². The first-order valence-corrected chi connectivity index (χ1v) is 9.32. The molecule has 0 aliphatic heterocycles. The zero-order valence-corrected chi connectivity index (χ0v) is 15.9. The maximum atomic E-state index is 12.0. The number of hydrogen-bond acceptors (Lipinski definition) is 5. The van der Waals surface area contributed by atoms with Crippen molar-refractivity contribution >= 4 is 33.3 Å². The summed E-state index contributed by atoms with van der Waals surface area (Å²) in [7, 11) is -0.586. The molecule has 2 aromatic heterocycles. The van der Waals surface area contributed by atoms with Gasteiger partial charge in [0.1, 0.15) is 0 Å². The summed E-state index contributed by atoms with van der Waals surface area (Å²) in [6.07, 6.45) is 3.44. The van der Waals surface area contributed by atoms with Crippen LogP contribution in [0.1, 0.15) is 5.56 Å². The SMILES string of the molecule is Cc1cc(-c2ccncc2)nc2cc(NS(=O)(=O)N(C)C)ccc12.O=CO. The van der Waals surface area contributed by atoms with Crippen molar-refractivity contribution < 1.29 is 18.3 Å². The van der Waals surface area contributed by atoms with Crippen LogP contribution in [0.3, 0.4) is 0 Å². The lowest BCUT2D eigenvalue weighted by molar-refractivity contribution is -0.122. The first-order chi connectivity index (χ1) is 12.8. The summed E-state index contributed by atoms with van der Waals surface area (Å²) in [5, 5.41) is 7.88. The predicted molar refractivity (Wildman–Crippen MR) is 105 cm³/mol. The fourth-order valence-electron chi connectivity index (χ4n) is 2.38. The zero-order valence-electron chi connectivity index (χ0n) is 15.1. The molecule has 0 saturated carbocycles. The second-order valence-electron chi connectivity index (χ2n) is 5.79. The summed E-state index contributed by atoms with van der Waals surface area (Å²) >= 11 is 0. The lowest BCUT2D eigenvalue weighted by Gasteiger charge is -2.14. The standard InChI is InChI=1S/C17H18N4O2S.CH2O2/c1-12-10-16(13-6-8-18-9-7-13)19-17-11-14(4-5-15(12)17)20-24(22,23)21(2)3;2-1-3/h4-11,20H,1-3H3;1H,(H,2,3). The molecule has 0 fully saturated rings. The van der Waals surface area contributed by atoms with E-state index in [0.717, 1.165) is 32.0 Å². The quantitative estimate of drug-likeness (QED) is 0.664. The second kappa shape index (κ2) is 8.56. The fourth-order valence-corrected chi connectivity index (χ4v) is 2.98. The Labute approximate surface area is 157 Å². The highest BCUT2D eigenvalue weighted by molar-refractivity contribution is 7.90. The molecule has 0 aliphatic carbocycles. The Balaban J connectivity index is 0.000000817. The Bertz CT molecular complexity index is 1040. The van der Waals surface area contributed by atoms with Crippen LogP contribution in [0, 0.1) is 6.92 Å². The van der Waals surface area contributed by atoms with Crippen LogP contribution in [0.2, 0.25) is 0 Å². The molecule has 0 atom stereocenters. The molecule has 3 rings (SSSR count). The van der Waals surface area contributed by atoms with Gasteiger partial charge >= 0.3 is 10.2 Å². The van der Waals surface area contributed by atoms with Gasteiger partial charge in [-0.25, -0.2) is 4.98 Å². The monoisotopic (exact) mass is 388 g/mol. The van der Waals surface area contributed by atoms with Gasteiger partial charge in [-0.1, -0.05) is 6.07 Å². The number of nitrogens with zero attached hydrogens (tertiary/aromatic N) is 3. The largest absolute Gasteiger partial charge is 0.483 e. The van der Waals surface area contributed by atoms with Gasteiger partial charge in [-0.15, -0.1) is 0 Å². The van der Waals surface area contributed by atoms with Crippen molar-refractivity contribution in [2.24, 2.45) is 0 Å². The molecule has 3 aromatic rings. The predicted octanol–water partition coefficient (Wildman–Crippen LogP) is 2.52. The van der Waals surface area contributed by atoms with Crippen LogP contribution in [-0.2, 0) is 15.0 Å². The van der Waals surface area contributed by atoms with E-state index >= 15 is 0 Å². The van der Waals surface area contributed by atoms with Crippen molar-refractivity contribution in [1.82, 2.24) is 14.3 Å². The smallest absolute Gasteiger partial charge is 0.301 e. The van der Waals surface area contributed by atoms with E-state index in [-0.39, 0.29) is 6.47 Å². The molecule has 2 heterocycles. The van der Waals surface area contributed by atoms with Crippen molar-refractivity contribution in [2.75, 3.05) is 18.8 Å². The van der Waals surface area contributed by atoms with Gasteiger partial charge in [0, 0.05) is 37.4 Å². The lowest BCUT2D eigenvalue weighted by atomic mass is 10.1. The van der Waals surface area contributed by atoms with Crippen molar-refractivity contribution in [2.45, 2.75) is 6.92 Å². The Morgan fingerprint density at radius 1 is 1.11 bits per heavy atom. The van der Waals surface area contributed by atoms with E-state index in [1.54, 1.807) is 24.5 Å². The molecule has 9 heteroatoms. The van der Waals surface area contributed by atoms with Crippen LogP contribution in [0.25, 0.3) is 22.2 Å². The maximum Gasteiger partial charge on any atom is 0.301 e. The molecule has 0 bridgehead atoms. The van der Waals surface area contributed by atoms with Crippen molar-refractivity contribution in [3.05, 3.63) is 54.4 Å². The highest BCUT2D eigenvalue weighted by Crippen LogP contribution is 2.26. The van der Waals surface area contributed by atoms with Crippen LogP contribution >= 0.6 is 0 Å². The zero-order chi connectivity index (χ0) is 20.0. The molecule has 0 spiro atoms. The topological polar surface area (TPSA) is 112 Å². The molecule has 0 radical (unpaired) electrons. The van der Waals surface area contributed by atoms with Gasteiger partial charge in [0.05, 0.1) is 16.9 Å². The molecular weight excluding hydrogens is 368 g/mol. The fraction of sp³-hybridized carbons (Fsp3) is 0.167. The number of hydrogen-bond donors (Lipinski definition) is 2. The molecule has 142 valence electrons. The van der Waals surface area contributed by atoms with Crippen LogP contribution in [0.15, 0.2) is 48.8 Å². The minimum atomic E-state index is -3.55. The Morgan fingerprint density at radius 3 is 2.33 bits per heavy atom. The van der Waals surface area contributed by atoms with Gasteiger partial charge in [0.2, 0.25) is 0 Å². The summed E-state index contributed by atoms with van der Waals surface area (Å²) < 4.78 is 27.6. The third kappa shape index (κ3) is 4.99. The number of carboxylic acid groups (broad SMARTS) is 1. The summed E-state index contributed by atoms with van der Waals surface area (Å²) in [5.74, 6) is 0. The maximum absolute atomic E-state index is 12.0. The van der Waals surface area contributed by atoms with Gasteiger partial charge in [-0.2, -0.15) is 12.7 Å². The summed E-state index contributed by atoms with van der Waals surface area (Å²) in [5.41, 5.74) is 4.09. The molecule has 0 saturated heterocycles. The minimum absolute atomic E-state index is 0.250. The lowest BCUT2D eigenvalue weighted by Crippen LogP contribution is -2.28. The normalized spacial score (nSPS) is 11.0. The van der Waals surface area contributed by atoms with Crippen LogP contribution in [-0.4, -0.2) is 48.4 Å². The van der Waals surface area contributed by atoms with Gasteiger partial charge in [-0.05, 0) is 42.8 Å². The molecule has 27 heavy (non-hydrogen) atoms. The minimum Gasteiger partial charge on any atom is -0.483 e. The average Bonchev–Trinajstić information content (AvgIpc) is 2.62. The van der Waals surface area contributed by atoms with E-state index in [4.69, 9.17) is 9.90 Å². The Kier molecular flexibility index (Phi) is 6.43. The molecule has 0 aliphatic rings. The van der Waals surface area contributed by atoms with Crippen LogP contribution in [0.5, 0.6) is 0 Å². The first-order valence-electron chi connectivity index (χ1n) is 7.88. The molecule has 0 amide bonds. The van der Waals surface area contributed by atoms with Gasteiger partial charge < -0.3 is 5.11 Å². The summed E-state index contributed by atoms with van der Waals surface area (Å²) in [6.45, 7) is 1.76. The van der Waals surface area contributed by atoms with E-state index in [1.807, 2.05) is 31.2 Å².